The largest absolute Gasteiger partial charge is 0.455 e. The molecule has 0 spiro atoms. The van der Waals surface area contributed by atoms with Gasteiger partial charge in [-0.2, -0.15) is 0 Å². The molecule has 94 valence electrons. The molecule has 0 unspecified atom stereocenters. The molecule has 4 heteroatoms. The second-order valence-corrected chi connectivity index (χ2v) is 3.81. The summed E-state index contributed by atoms with van der Waals surface area (Å²) < 4.78 is 5.72. The maximum absolute atomic E-state index is 9.23. The van der Waals surface area contributed by atoms with Crippen molar-refractivity contribution in [3.63, 3.8) is 0 Å². The zero-order valence-corrected chi connectivity index (χ0v) is 10.3. The van der Waals surface area contributed by atoms with Crippen LogP contribution in [0.5, 0.6) is 11.5 Å². The number of aliphatic hydroxyl groups excluding tert-OH is 1. The Labute approximate surface area is 106 Å². The number of anilines is 1. The normalized spacial score (nSPS) is 10.1. The van der Waals surface area contributed by atoms with Crippen molar-refractivity contribution in [2.24, 2.45) is 0 Å². The molecule has 0 bridgehead atoms. The van der Waals surface area contributed by atoms with E-state index in [2.05, 4.69) is 10.3 Å². The lowest BCUT2D eigenvalue weighted by Crippen LogP contribution is -1.98. The standard InChI is InChI=1S/C14H16N2O2/c1-2-16-12-7-13(9-15-8-12)18-14-6-4-3-5-11(14)10-17/h3-9,16-17H,2,10H2,1H3. The summed E-state index contributed by atoms with van der Waals surface area (Å²) in [4.78, 5) is 4.10. The molecule has 0 aliphatic rings. The molecular formula is C14H16N2O2. The summed E-state index contributed by atoms with van der Waals surface area (Å²) in [6.07, 6.45) is 3.39. The van der Waals surface area contributed by atoms with Crippen molar-refractivity contribution in [3.8, 4) is 11.5 Å². The Balaban J connectivity index is 2.20. The summed E-state index contributed by atoms with van der Waals surface area (Å²) in [6.45, 7) is 2.81. The van der Waals surface area contributed by atoms with E-state index in [0.29, 0.717) is 11.5 Å². The van der Waals surface area contributed by atoms with Crippen LogP contribution in [0.4, 0.5) is 5.69 Å². The second kappa shape index (κ2) is 6.02. The van der Waals surface area contributed by atoms with Crippen molar-refractivity contribution in [2.45, 2.75) is 13.5 Å². The molecule has 2 N–H and O–H groups in total. The molecule has 1 heterocycles. The Kier molecular flexibility index (Phi) is 4.15. The fourth-order valence-corrected chi connectivity index (χ4v) is 1.64. The summed E-state index contributed by atoms with van der Waals surface area (Å²) >= 11 is 0. The third kappa shape index (κ3) is 2.99. The van der Waals surface area contributed by atoms with Crippen LogP contribution in [0.1, 0.15) is 12.5 Å². The highest BCUT2D eigenvalue weighted by atomic mass is 16.5. The van der Waals surface area contributed by atoms with Gasteiger partial charge in [-0.05, 0) is 13.0 Å². The van der Waals surface area contributed by atoms with E-state index in [1.807, 2.05) is 37.3 Å². The number of ether oxygens (including phenoxy) is 1. The molecule has 0 saturated heterocycles. The Morgan fingerprint density at radius 1 is 1.28 bits per heavy atom. The van der Waals surface area contributed by atoms with Gasteiger partial charge in [0.1, 0.15) is 11.5 Å². The predicted molar refractivity (Wildman–Crippen MR) is 70.8 cm³/mol. The quantitative estimate of drug-likeness (QED) is 0.849. The molecule has 0 aliphatic carbocycles. The van der Waals surface area contributed by atoms with Crippen LogP contribution in [0.2, 0.25) is 0 Å². The lowest BCUT2D eigenvalue weighted by atomic mass is 10.2. The number of pyridine rings is 1. The zero-order chi connectivity index (χ0) is 12.8. The van der Waals surface area contributed by atoms with E-state index in [4.69, 9.17) is 4.74 Å². The van der Waals surface area contributed by atoms with E-state index in [0.717, 1.165) is 17.8 Å². The van der Waals surface area contributed by atoms with Crippen molar-refractivity contribution in [2.75, 3.05) is 11.9 Å². The second-order valence-electron chi connectivity index (χ2n) is 3.81. The van der Waals surface area contributed by atoms with Gasteiger partial charge >= 0.3 is 0 Å². The molecule has 2 rings (SSSR count). The number of nitrogens with one attached hydrogen (secondary N) is 1. The maximum Gasteiger partial charge on any atom is 0.147 e. The molecule has 0 radical (unpaired) electrons. The van der Waals surface area contributed by atoms with Gasteiger partial charge in [0, 0.05) is 18.2 Å². The number of rotatable bonds is 5. The highest BCUT2D eigenvalue weighted by molar-refractivity contribution is 5.46. The summed E-state index contributed by atoms with van der Waals surface area (Å²) in [5.74, 6) is 1.30. The maximum atomic E-state index is 9.23. The Bertz CT molecular complexity index is 515. The summed E-state index contributed by atoms with van der Waals surface area (Å²) in [6, 6.07) is 9.27. The molecule has 1 aromatic heterocycles. The van der Waals surface area contributed by atoms with Crippen LogP contribution in [-0.2, 0) is 6.61 Å². The first-order valence-electron chi connectivity index (χ1n) is 5.89. The SMILES string of the molecule is CCNc1cncc(Oc2ccccc2CO)c1. The van der Waals surface area contributed by atoms with E-state index in [1.165, 1.54) is 0 Å². The third-order valence-corrected chi connectivity index (χ3v) is 2.46. The molecule has 4 nitrogen and oxygen atoms in total. The number of nitrogens with zero attached hydrogens (tertiary/aromatic N) is 1. The number of para-hydroxylation sites is 1. The Hall–Kier alpha value is -2.07. The van der Waals surface area contributed by atoms with Gasteiger partial charge in [-0.1, -0.05) is 18.2 Å². The van der Waals surface area contributed by atoms with E-state index in [-0.39, 0.29) is 6.61 Å². The topological polar surface area (TPSA) is 54.4 Å². The van der Waals surface area contributed by atoms with Gasteiger partial charge in [-0.3, -0.25) is 4.98 Å². The van der Waals surface area contributed by atoms with Crippen LogP contribution in [0.25, 0.3) is 0 Å². The first-order chi connectivity index (χ1) is 8.83. The highest BCUT2D eigenvalue weighted by Gasteiger charge is 2.04. The number of aromatic nitrogens is 1. The molecule has 0 atom stereocenters. The molecule has 0 saturated carbocycles. The lowest BCUT2D eigenvalue weighted by Gasteiger charge is -2.10. The van der Waals surface area contributed by atoms with Crippen LogP contribution in [-0.4, -0.2) is 16.6 Å². The van der Waals surface area contributed by atoms with Gasteiger partial charge in [0.05, 0.1) is 24.7 Å². The predicted octanol–water partition coefficient (Wildman–Crippen LogP) is 2.80. The Morgan fingerprint density at radius 3 is 2.89 bits per heavy atom. The van der Waals surface area contributed by atoms with Crippen LogP contribution in [0.3, 0.4) is 0 Å². The van der Waals surface area contributed by atoms with Crippen molar-refractivity contribution in [1.82, 2.24) is 4.98 Å². The molecule has 0 fully saturated rings. The molecule has 0 aliphatic heterocycles. The van der Waals surface area contributed by atoms with Gasteiger partial charge in [0.25, 0.3) is 0 Å². The van der Waals surface area contributed by atoms with Gasteiger partial charge < -0.3 is 15.2 Å². The zero-order valence-electron chi connectivity index (χ0n) is 10.3. The van der Waals surface area contributed by atoms with Crippen molar-refractivity contribution >= 4 is 5.69 Å². The van der Waals surface area contributed by atoms with Gasteiger partial charge in [-0.25, -0.2) is 0 Å². The molecule has 0 amide bonds. The minimum absolute atomic E-state index is 0.0451. The number of aliphatic hydroxyl groups is 1. The number of hydrogen-bond donors (Lipinski definition) is 2. The minimum atomic E-state index is -0.0451. The summed E-state index contributed by atoms with van der Waals surface area (Å²) in [5.41, 5.74) is 1.67. The third-order valence-electron chi connectivity index (χ3n) is 2.46. The summed E-state index contributed by atoms with van der Waals surface area (Å²) in [5, 5.41) is 12.4. The molecular weight excluding hydrogens is 228 g/mol. The van der Waals surface area contributed by atoms with Gasteiger partial charge in [0.15, 0.2) is 0 Å². The van der Waals surface area contributed by atoms with Crippen molar-refractivity contribution in [1.29, 1.82) is 0 Å². The molecule has 1 aromatic carbocycles. The minimum Gasteiger partial charge on any atom is -0.455 e. The van der Waals surface area contributed by atoms with Crippen molar-refractivity contribution in [3.05, 3.63) is 48.3 Å². The fraction of sp³-hybridized carbons (Fsp3) is 0.214. The lowest BCUT2D eigenvalue weighted by molar-refractivity contribution is 0.276. The molecule has 2 aromatic rings. The summed E-state index contributed by atoms with van der Waals surface area (Å²) in [7, 11) is 0. The monoisotopic (exact) mass is 244 g/mol. The number of hydrogen-bond acceptors (Lipinski definition) is 4. The first-order valence-corrected chi connectivity index (χ1v) is 5.89. The van der Waals surface area contributed by atoms with Crippen molar-refractivity contribution < 1.29 is 9.84 Å². The van der Waals surface area contributed by atoms with E-state index >= 15 is 0 Å². The first kappa shape index (κ1) is 12.4. The Morgan fingerprint density at radius 2 is 2.11 bits per heavy atom. The van der Waals surface area contributed by atoms with Gasteiger partial charge in [-0.15, -0.1) is 0 Å². The fourth-order valence-electron chi connectivity index (χ4n) is 1.64. The highest BCUT2D eigenvalue weighted by Crippen LogP contribution is 2.26. The van der Waals surface area contributed by atoms with Crippen LogP contribution >= 0.6 is 0 Å². The number of benzene rings is 1. The van der Waals surface area contributed by atoms with E-state index in [9.17, 15) is 5.11 Å². The molecule has 18 heavy (non-hydrogen) atoms. The van der Waals surface area contributed by atoms with Crippen LogP contribution in [0.15, 0.2) is 42.7 Å². The smallest absolute Gasteiger partial charge is 0.147 e. The van der Waals surface area contributed by atoms with Crippen LogP contribution in [0, 0.1) is 0 Å². The van der Waals surface area contributed by atoms with E-state index < -0.39 is 0 Å². The van der Waals surface area contributed by atoms with E-state index in [1.54, 1.807) is 12.4 Å². The average molecular weight is 244 g/mol. The van der Waals surface area contributed by atoms with Crippen LogP contribution < -0.4 is 10.1 Å². The van der Waals surface area contributed by atoms with Gasteiger partial charge in [0.2, 0.25) is 0 Å². The average Bonchev–Trinajstić information content (AvgIpc) is 2.40.